The van der Waals surface area contributed by atoms with E-state index >= 15 is 0 Å². The van der Waals surface area contributed by atoms with Crippen LogP contribution in [0.25, 0.3) is 0 Å². The molecule has 108 valence electrons. The second kappa shape index (κ2) is 7.11. The molecule has 0 spiro atoms. The maximum Gasteiger partial charge on any atom is 0.123 e. The van der Waals surface area contributed by atoms with Gasteiger partial charge in [0.2, 0.25) is 0 Å². The average molecular weight is 310 g/mol. The summed E-state index contributed by atoms with van der Waals surface area (Å²) in [6, 6.07) is 10.6. The summed E-state index contributed by atoms with van der Waals surface area (Å²) < 4.78 is 6.66. The Balaban J connectivity index is 2.02. The average Bonchev–Trinajstić information content (AvgIpc) is 2.83. The van der Waals surface area contributed by atoms with Crippen molar-refractivity contribution in [3.8, 4) is 5.75 Å². The second-order valence-electron chi connectivity index (χ2n) is 4.80. The summed E-state index contributed by atoms with van der Waals surface area (Å²) in [4.78, 5) is 1.14. The number of hydrogen-bond acceptors (Lipinski definition) is 3. The maximum atomic E-state index is 5.91. The Morgan fingerprint density at radius 1 is 1.30 bits per heavy atom. The molecule has 0 bridgehead atoms. The Morgan fingerprint density at radius 3 is 2.70 bits per heavy atom. The van der Waals surface area contributed by atoms with Gasteiger partial charge < -0.3 is 10.1 Å². The van der Waals surface area contributed by atoms with Crippen molar-refractivity contribution >= 4 is 22.9 Å². The second-order valence-corrected chi connectivity index (χ2v) is 6.60. The SMILES string of the molecule is CCNC(C)c1ccc(OCc2ccc(Cl)s2)c(C)c1. The van der Waals surface area contributed by atoms with E-state index in [9.17, 15) is 0 Å². The minimum Gasteiger partial charge on any atom is -0.488 e. The Labute approximate surface area is 129 Å². The molecule has 1 aromatic carbocycles. The van der Waals surface area contributed by atoms with E-state index in [1.54, 1.807) is 11.3 Å². The molecular formula is C16H20ClNOS. The zero-order valence-electron chi connectivity index (χ0n) is 12.1. The van der Waals surface area contributed by atoms with Crippen LogP contribution >= 0.6 is 22.9 Å². The number of hydrogen-bond donors (Lipinski definition) is 1. The van der Waals surface area contributed by atoms with Crippen molar-refractivity contribution in [1.29, 1.82) is 0 Å². The first-order valence-electron chi connectivity index (χ1n) is 6.81. The number of benzene rings is 1. The molecule has 1 aromatic heterocycles. The van der Waals surface area contributed by atoms with Crippen LogP contribution in [0, 0.1) is 6.92 Å². The summed E-state index contributed by atoms with van der Waals surface area (Å²) in [5.74, 6) is 0.932. The van der Waals surface area contributed by atoms with Crippen LogP contribution in [0.5, 0.6) is 5.75 Å². The lowest BCUT2D eigenvalue weighted by molar-refractivity contribution is 0.307. The third-order valence-electron chi connectivity index (χ3n) is 3.21. The quantitative estimate of drug-likeness (QED) is 0.814. The maximum absolute atomic E-state index is 5.91. The van der Waals surface area contributed by atoms with E-state index in [4.69, 9.17) is 16.3 Å². The minimum absolute atomic E-state index is 0.365. The minimum atomic E-state index is 0.365. The third-order valence-corrected chi connectivity index (χ3v) is 4.41. The molecule has 1 heterocycles. The van der Waals surface area contributed by atoms with Crippen LogP contribution in [0.4, 0.5) is 0 Å². The van der Waals surface area contributed by atoms with Crippen LogP contribution in [0.2, 0.25) is 4.34 Å². The van der Waals surface area contributed by atoms with Crippen LogP contribution in [-0.4, -0.2) is 6.54 Å². The molecule has 0 aliphatic rings. The van der Waals surface area contributed by atoms with Crippen LogP contribution < -0.4 is 10.1 Å². The molecule has 1 unspecified atom stereocenters. The van der Waals surface area contributed by atoms with Gasteiger partial charge in [0.1, 0.15) is 12.4 Å². The van der Waals surface area contributed by atoms with Crippen molar-refractivity contribution in [2.24, 2.45) is 0 Å². The normalized spacial score (nSPS) is 12.4. The van der Waals surface area contributed by atoms with E-state index in [-0.39, 0.29) is 0 Å². The van der Waals surface area contributed by atoms with Crippen molar-refractivity contribution in [2.75, 3.05) is 6.54 Å². The van der Waals surface area contributed by atoms with Gasteiger partial charge in [-0.05, 0) is 49.7 Å². The van der Waals surface area contributed by atoms with Gasteiger partial charge >= 0.3 is 0 Å². The molecule has 0 radical (unpaired) electrons. The summed E-state index contributed by atoms with van der Waals surface area (Å²) in [5, 5.41) is 3.42. The van der Waals surface area contributed by atoms with Crippen molar-refractivity contribution in [2.45, 2.75) is 33.4 Å². The molecule has 1 atom stereocenters. The largest absolute Gasteiger partial charge is 0.488 e. The number of aryl methyl sites for hydroxylation is 1. The smallest absolute Gasteiger partial charge is 0.123 e. The molecule has 4 heteroatoms. The molecule has 1 N–H and O–H groups in total. The fourth-order valence-corrected chi connectivity index (χ4v) is 3.11. The molecule has 2 nitrogen and oxygen atoms in total. The van der Waals surface area contributed by atoms with Crippen LogP contribution in [0.1, 0.15) is 35.9 Å². The summed E-state index contributed by atoms with van der Waals surface area (Å²) in [5.41, 5.74) is 2.45. The van der Waals surface area contributed by atoms with Crippen molar-refractivity contribution < 1.29 is 4.74 Å². The van der Waals surface area contributed by atoms with E-state index in [0.717, 1.165) is 27.1 Å². The molecule has 0 saturated carbocycles. The van der Waals surface area contributed by atoms with Crippen LogP contribution in [0.15, 0.2) is 30.3 Å². The first kappa shape index (κ1) is 15.4. The molecule has 0 saturated heterocycles. The Bertz CT molecular complexity index is 567. The lowest BCUT2D eigenvalue weighted by Crippen LogP contribution is -2.17. The summed E-state index contributed by atoms with van der Waals surface area (Å²) in [6.45, 7) is 7.91. The molecule has 0 fully saturated rings. The predicted octanol–water partition coefficient (Wildman–Crippen LogP) is 4.96. The van der Waals surface area contributed by atoms with E-state index < -0.39 is 0 Å². The third kappa shape index (κ3) is 3.98. The highest BCUT2D eigenvalue weighted by atomic mass is 35.5. The highest BCUT2D eigenvalue weighted by molar-refractivity contribution is 7.16. The van der Waals surface area contributed by atoms with E-state index in [1.807, 2.05) is 18.2 Å². The van der Waals surface area contributed by atoms with Gasteiger partial charge in [0.05, 0.1) is 4.34 Å². The van der Waals surface area contributed by atoms with Gasteiger partial charge in [-0.25, -0.2) is 0 Å². The highest BCUT2D eigenvalue weighted by Crippen LogP contribution is 2.26. The van der Waals surface area contributed by atoms with Gasteiger partial charge in [-0.3, -0.25) is 0 Å². The highest BCUT2D eigenvalue weighted by Gasteiger charge is 2.07. The van der Waals surface area contributed by atoms with Gasteiger partial charge in [0.15, 0.2) is 0 Å². The number of rotatable bonds is 6. The standard InChI is InChI=1S/C16H20ClNOS/c1-4-18-12(3)13-5-7-15(11(2)9-13)19-10-14-6-8-16(17)20-14/h5-9,12,18H,4,10H2,1-3H3. The first-order chi connectivity index (χ1) is 9.60. The van der Waals surface area contributed by atoms with Crippen LogP contribution in [-0.2, 0) is 6.61 Å². The number of thiophene rings is 1. The first-order valence-corrected chi connectivity index (χ1v) is 8.00. The molecule has 0 aliphatic carbocycles. The Hall–Kier alpha value is -1.03. The molecule has 2 aromatic rings. The zero-order chi connectivity index (χ0) is 14.5. The molecule has 0 amide bonds. The fraction of sp³-hybridized carbons (Fsp3) is 0.375. The number of halogens is 1. The number of nitrogens with one attached hydrogen (secondary N) is 1. The Kier molecular flexibility index (Phi) is 5.46. The summed E-state index contributed by atoms with van der Waals surface area (Å²) in [7, 11) is 0. The molecule has 20 heavy (non-hydrogen) atoms. The van der Waals surface area contributed by atoms with Gasteiger partial charge in [-0.1, -0.05) is 30.7 Å². The van der Waals surface area contributed by atoms with E-state index in [1.165, 1.54) is 5.56 Å². The van der Waals surface area contributed by atoms with Gasteiger partial charge in [-0.2, -0.15) is 0 Å². The molecular weight excluding hydrogens is 290 g/mol. The van der Waals surface area contributed by atoms with Crippen molar-refractivity contribution in [1.82, 2.24) is 5.32 Å². The van der Waals surface area contributed by atoms with E-state index in [2.05, 4.69) is 38.2 Å². The summed E-state index contributed by atoms with van der Waals surface area (Å²) >= 11 is 7.47. The predicted molar refractivity (Wildman–Crippen MR) is 86.9 cm³/mol. The topological polar surface area (TPSA) is 21.3 Å². The lowest BCUT2D eigenvalue weighted by atomic mass is 10.1. The van der Waals surface area contributed by atoms with Gasteiger partial charge in [-0.15, -0.1) is 11.3 Å². The van der Waals surface area contributed by atoms with Crippen molar-refractivity contribution in [3.05, 3.63) is 50.7 Å². The fourth-order valence-electron chi connectivity index (χ4n) is 2.11. The van der Waals surface area contributed by atoms with Crippen LogP contribution in [0.3, 0.4) is 0 Å². The number of ether oxygens (including phenoxy) is 1. The summed E-state index contributed by atoms with van der Waals surface area (Å²) in [6.07, 6.45) is 0. The zero-order valence-corrected chi connectivity index (χ0v) is 13.6. The lowest BCUT2D eigenvalue weighted by Gasteiger charge is -2.15. The monoisotopic (exact) mass is 309 g/mol. The molecule has 0 aliphatic heterocycles. The van der Waals surface area contributed by atoms with Gasteiger partial charge in [0, 0.05) is 10.9 Å². The van der Waals surface area contributed by atoms with Crippen molar-refractivity contribution in [3.63, 3.8) is 0 Å². The van der Waals surface area contributed by atoms with E-state index in [0.29, 0.717) is 12.6 Å². The Morgan fingerprint density at radius 2 is 2.10 bits per heavy atom. The molecule has 2 rings (SSSR count). The van der Waals surface area contributed by atoms with Gasteiger partial charge in [0.25, 0.3) is 0 Å².